The van der Waals surface area contributed by atoms with Crippen LogP contribution in [0.1, 0.15) is 46.8 Å². The molecule has 2 aromatic heterocycles. The molecule has 6 aromatic rings. The number of morpholine rings is 1. The number of piperidine rings is 1. The van der Waals surface area contributed by atoms with E-state index in [2.05, 4.69) is 48.7 Å². The van der Waals surface area contributed by atoms with Gasteiger partial charge in [0.15, 0.2) is 0 Å². The van der Waals surface area contributed by atoms with Crippen LogP contribution in [0.3, 0.4) is 0 Å². The summed E-state index contributed by atoms with van der Waals surface area (Å²) in [5.74, 6) is -2.30. The van der Waals surface area contributed by atoms with Crippen molar-refractivity contribution in [3.63, 3.8) is 0 Å². The molecule has 3 aliphatic heterocycles. The molecule has 2 bridgehead atoms. The van der Waals surface area contributed by atoms with Gasteiger partial charge < -0.3 is 45.9 Å². The summed E-state index contributed by atoms with van der Waals surface area (Å²) in [5.41, 5.74) is 5.25. The predicted molar refractivity (Wildman–Crippen MR) is 222 cm³/mol. The van der Waals surface area contributed by atoms with E-state index in [1.165, 1.54) is 42.9 Å². The number of phenolic OH excluding ortho intramolecular Hbond substituents is 1. The number of ketones is 1. The highest BCUT2D eigenvalue weighted by molar-refractivity contribution is 6.50. The number of anilines is 1. The van der Waals surface area contributed by atoms with Crippen LogP contribution in [0.5, 0.6) is 5.75 Å². The number of hydrogen-bond acceptors (Lipinski definition) is 7. The Balaban J connectivity index is 0.000000164. The standard InChI is InChI=1S/C24H26NO3.C22H14Cl2FN3O3.BrH/c1-24(17-10-6-4-8-15(17)16-9-5-7-11-18(16)24)23(26)27-14-12-19-21-22(28-21)20(13-14)25(19,2)3;23-17-8-26-9-18(24)20(17)27-22(31)21(30)16-11-28(10-12-1-3-13(25)4-2-12)19-6-5-14(29)7-15(16)19;/h4-11,14,19-22H,12-13H2,1-3H3;1-9,11,29H,10H2,(H,26,27,31);1H/q+1;;/p-1/t14?,19-,20+,21-,22+;;. The first-order valence-electron chi connectivity index (χ1n) is 19.4. The third kappa shape index (κ3) is 7.07. The van der Waals surface area contributed by atoms with Gasteiger partial charge in [-0.2, -0.15) is 0 Å². The molecule has 3 fully saturated rings. The lowest BCUT2D eigenvalue weighted by Gasteiger charge is -2.45. The third-order valence-corrected chi connectivity index (χ3v) is 13.2. The van der Waals surface area contributed by atoms with E-state index >= 15 is 0 Å². The van der Waals surface area contributed by atoms with Gasteiger partial charge in [0, 0.05) is 48.9 Å². The van der Waals surface area contributed by atoms with Gasteiger partial charge in [-0.1, -0.05) is 83.9 Å². The number of nitrogens with one attached hydrogen (secondary N) is 1. The number of rotatable bonds is 7. The van der Waals surface area contributed by atoms with Gasteiger partial charge in [0.25, 0.3) is 11.7 Å². The maximum atomic E-state index is 13.6. The summed E-state index contributed by atoms with van der Waals surface area (Å²) >= 11 is 12.0. The number of benzene rings is 4. The first-order chi connectivity index (χ1) is 28.2. The normalized spacial score (nSPS) is 21.9. The first-order valence-corrected chi connectivity index (χ1v) is 20.1. The number of quaternary nitrogens is 1. The average Bonchev–Trinajstić information content (AvgIpc) is 3.84. The SMILES string of the molecule is CC1(C(=O)OC2C[C@@H]3[C@H]4O[C@H]4[C@H](C2)[N+]3(C)C)c2ccccc2-c2ccccc21.O=C(Nc1c(Cl)cncc1Cl)C(=O)c1cn(Cc2ccc(F)cc2)c2ccc(O)cc12.[Br-]. The number of aromatic nitrogens is 2. The maximum absolute atomic E-state index is 13.6. The highest BCUT2D eigenvalue weighted by Gasteiger charge is 2.71. The van der Waals surface area contributed by atoms with E-state index in [-0.39, 0.29) is 61.9 Å². The van der Waals surface area contributed by atoms with Gasteiger partial charge in [0.05, 0.1) is 35.4 Å². The molecule has 5 heterocycles. The number of amides is 1. The Bertz CT molecular complexity index is 2600. The quantitative estimate of drug-likeness (QED) is 0.0730. The van der Waals surface area contributed by atoms with Gasteiger partial charge in [0.2, 0.25) is 0 Å². The number of epoxide rings is 1. The van der Waals surface area contributed by atoms with Crippen LogP contribution >= 0.6 is 23.2 Å². The van der Waals surface area contributed by atoms with Crippen molar-refractivity contribution in [3.8, 4) is 16.9 Å². The molecule has 1 unspecified atom stereocenters. The Morgan fingerprint density at radius 3 is 2.10 bits per heavy atom. The Morgan fingerprint density at radius 1 is 0.917 bits per heavy atom. The molecule has 10 nitrogen and oxygen atoms in total. The van der Waals surface area contributed by atoms with E-state index in [0.717, 1.165) is 45.1 Å². The van der Waals surface area contributed by atoms with Crippen molar-refractivity contribution in [3.05, 3.63) is 148 Å². The second kappa shape index (κ2) is 15.7. The first kappa shape index (κ1) is 41.6. The minimum atomic E-state index is -0.945. The van der Waals surface area contributed by atoms with Crippen LogP contribution in [0, 0.1) is 5.82 Å². The van der Waals surface area contributed by atoms with Crippen LogP contribution < -0.4 is 22.3 Å². The molecule has 2 N–H and O–H groups in total. The zero-order chi connectivity index (χ0) is 41.4. The van der Waals surface area contributed by atoms with Crippen molar-refractivity contribution in [1.29, 1.82) is 0 Å². The topological polar surface area (TPSA) is 123 Å². The summed E-state index contributed by atoms with van der Waals surface area (Å²) in [6, 6.07) is 27.8. The number of phenols is 1. The van der Waals surface area contributed by atoms with Crippen LogP contribution in [-0.2, 0) is 31.0 Å². The number of aromatic hydroxyl groups is 1. The lowest BCUT2D eigenvalue weighted by Crippen LogP contribution is -3.00. The van der Waals surface area contributed by atoms with Gasteiger partial charge >= 0.3 is 5.97 Å². The van der Waals surface area contributed by atoms with Crippen molar-refractivity contribution in [2.24, 2.45) is 0 Å². The summed E-state index contributed by atoms with van der Waals surface area (Å²) < 4.78 is 28.1. The number of pyridine rings is 1. The molecule has 3 saturated heterocycles. The number of Topliss-reactive ketones (excluding diaryl/α,β-unsaturated/α-hetero) is 1. The Labute approximate surface area is 366 Å². The van der Waals surface area contributed by atoms with E-state index in [1.807, 2.05) is 31.2 Å². The van der Waals surface area contributed by atoms with Crippen molar-refractivity contribution < 1.29 is 54.8 Å². The van der Waals surface area contributed by atoms with Crippen LogP contribution in [0.4, 0.5) is 10.1 Å². The highest BCUT2D eigenvalue weighted by atomic mass is 79.9. The third-order valence-electron chi connectivity index (χ3n) is 12.6. The average molecular weight is 915 g/mol. The molecule has 308 valence electrons. The fraction of sp³-hybridized carbons (Fsp3) is 0.261. The molecular formula is C46H40BrCl2FN4O6. The minimum absolute atomic E-state index is 0. The lowest BCUT2D eigenvalue weighted by molar-refractivity contribution is -0.938. The van der Waals surface area contributed by atoms with Gasteiger partial charge in [-0.05, 0) is 65.1 Å². The number of likely N-dealkylation sites (N-methyl/N-ethyl adjacent to an activating group) is 1. The Kier molecular flexibility index (Phi) is 10.9. The fourth-order valence-corrected chi connectivity index (χ4v) is 9.91. The van der Waals surface area contributed by atoms with E-state index in [1.54, 1.807) is 22.8 Å². The zero-order valence-corrected chi connectivity index (χ0v) is 35.8. The Hall–Kier alpha value is -5.11. The number of ether oxygens (including phenoxy) is 2. The molecule has 0 spiro atoms. The molecule has 1 amide bonds. The van der Waals surface area contributed by atoms with E-state index in [0.29, 0.717) is 41.7 Å². The van der Waals surface area contributed by atoms with E-state index < -0.39 is 17.1 Å². The van der Waals surface area contributed by atoms with Gasteiger partial charge in [-0.3, -0.25) is 19.4 Å². The number of carbonyl (C=O) groups is 3. The number of halogens is 4. The zero-order valence-electron chi connectivity index (χ0n) is 32.7. The van der Waals surface area contributed by atoms with Crippen molar-refractivity contribution >= 4 is 57.5 Å². The highest BCUT2D eigenvalue weighted by Crippen LogP contribution is 2.53. The number of nitrogens with zero attached hydrogens (tertiary/aromatic N) is 3. The number of hydrogen-bond donors (Lipinski definition) is 2. The van der Waals surface area contributed by atoms with E-state index in [9.17, 15) is 23.9 Å². The monoisotopic (exact) mass is 912 g/mol. The molecule has 0 radical (unpaired) electrons. The van der Waals surface area contributed by atoms with Gasteiger partial charge in [0.1, 0.15) is 47.4 Å². The second-order valence-electron chi connectivity index (χ2n) is 16.3. The molecule has 4 aromatic carbocycles. The van der Waals surface area contributed by atoms with Crippen molar-refractivity contribution in [2.45, 2.75) is 62.1 Å². The molecular weight excluding hydrogens is 874 g/mol. The molecule has 0 saturated carbocycles. The van der Waals surface area contributed by atoms with Gasteiger partial charge in [-0.25, -0.2) is 4.39 Å². The van der Waals surface area contributed by atoms with Crippen LogP contribution in [-0.4, -0.2) is 81.3 Å². The summed E-state index contributed by atoms with van der Waals surface area (Å²) in [4.78, 5) is 43.0. The van der Waals surface area contributed by atoms with Crippen molar-refractivity contribution in [1.82, 2.24) is 9.55 Å². The van der Waals surface area contributed by atoms with Crippen LogP contribution in [0.25, 0.3) is 22.0 Å². The summed E-state index contributed by atoms with van der Waals surface area (Å²) in [5, 5.41) is 12.9. The van der Waals surface area contributed by atoms with E-state index in [4.69, 9.17) is 32.7 Å². The largest absolute Gasteiger partial charge is 1.00 e. The lowest BCUT2D eigenvalue weighted by atomic mass is 9.80. The molecule has 10 rings (SSSR count). The van der Waals surface area contributed by atoms with Crippen LogP contribution in [0.15, 0.2) is 110 Å². The van der Waals surface area contributed by atoms with Gasteiger partial charge in [-0.15, -0.1) is 0 Å². The molecule has 4 aliphatic rings. The summed E-state index contributed by atoms with van der Waals surface area (Å²) in [6.07, 6.45) is 6.62. The minimum Gasteiger partial charge on any atom is -1.00 e. The number of fused-ring (bicyclic) bond motifs is 9. The summed E-state index contributed by atoms with van der Waals surface area (Å²) in [7, 11) is 4.60. The predicted octanol–water partition coefficient (Wildman–Crippen LogP) is 5.33. The number of carbonyl (C=O) groups excluding carboxylic acids is 3. The molecule has 14 heteroatoms. The molecule has 60 heavy (non-hydrogen) atoms. The molecule has 5 atom stereocenters. The second-order valence-corrected chi connectivity index (χ2v) is 17.1. The Morgan fingerprint density at radius 2 is 1.50 bits per heavy atom. The maximum Gasteiger partial charge on any atom is 0.321 e. The van der Waals surface area contributed by atoms with Crippen LogP contribution in [0.2, 0.25) is 10.0 Å². The van der Waals surface area contributed by atoms with Crippen molar-refractivity contribution in [2.75, 3.05) is 19.4 Å². The summed E-state index contributed by atoms with van der Waals surface area (Å²) in [6.45, 7) is 2.36. The number of esters is 1. The smallest absolute Gasteiger partial charge is 0.321 e. The molecule has 1 aliphatic carbocycles. The fourth-order valence-electron chi connectivity index (χ4n) is 9.45.